The molecule has 0 bridgehead atoms. The maximum atomic E-state index is 13.7. The molecular weight excluding hydrogens is 207 g/mol. The SMILES string of the molecule is CC(O)CN(C)c1c(F)cccc1C(C)N. The zero-order chi connectivity index (χ0) is 12.3. The highest BCUT2D eigenvalue weighted by molar-refractivity contribution is 5.55. The van der Waals surface area contributed by atoms with Crippen LogP contribution in [0.1, 0.15) is 25.5 Å². The topological polar surface area (TPSA) is 49.5 Å². The first-order chi connectivity index (χ1) is 7.43. The molecule has 0 saturated heterocycles. The molecule has 90 valence electrons. The number of aliphatic hydroxyl groups is 1. The molecule has 0 heterocycles. The van der Waals surface area contributed by atoms with Crippen molar-refractivity contribution in [2.75, 3.05) is 18.5 Å². The van der Waals surface area contributed by atoms with Crippen LogP contribution < -0.4 is 10.6 Å². The molecule has 2 unspecified atom stereocenters. The molecule has 16 heavy (non-hydrogen) atoms. The van der Waals surface area contributed by atoms with E-state index < -0.39 is 6.10 Å². The largest absolute Gasteiger partial charge is 0.392 e. The van der Waals surface area contributed by atoms with Gasteiger partial charge in [0.2, 0.25) is 0 Å². The molecule has 1 rings (SSSR count). The van der Waals surface area contributed by atoms with E-state index in [0.29, 0.717) is 12.2 Å². The van der Waals surface area contributed by atoms with Gasteiger partial charge in [0.25, 0.3) is 0 Å². The molecule has 0 saturated carbocycles. The molecule has 0 aromatic heterocycles. The summed E-state index contributed by atoms with van der Waals surface area (Å²) in [6.07, 6.45) is -0.509. The summed E-state index contributed by atoms with van der Waals surface area (Å²) in [5.74, 6) is -0.307. The van der Waals surface area contributed by atoms with Crippen molar-refractivity contribution < 1.29 is 9.50 Å². The third-order valence-electron chi connectivity index (χ3n) is 2.43. The Morgan fingerprint density at radius 1 is 1.44 bits per heavy atom. The highest BCUT2D eigenvalue weighted by Gasteiger charge is 2.16. The molecule has 0 fully saturated rings. The first kappa shape index (κ1) is 12.9. The van der Waals surface area contributed by atoms with Gasteiger partial charge in [-0.2, -0.15) is 0 Å². The zero-order valence-corrected chi connectivity index (χ0v) is 9.94. The Labute approximate surface area is 95.7 Å². The number of para-hydroxylation sites is 1. The van der Waals surface area contributed by atoms with Gasteiger partial charge >= 0.3 is 0 Å². The van der Waals surface area contributed by atoms with Crippen molar-refractivity contribution in [3.63, 3.8) is 0 Å². The quantitative estimate of drug-likeness (QED) is 0.821. The van der Waals surface area contributed by atoms with Crippen molar-refractivity contribution in [1.82, 2.24) is 0 Å². The van der Waals surface area contributed by atoms with E-state index in [1.54, 1.807) is 24.9 Å². The molecule has 0 aliphatic rings. The second-order valence-corrected chi connectivity index (χ2v) is 4.20. The second-order valence-electron chi connectivity index (χ2n) is 4.20. The first-order valence-corrected chi connectivity index (χ1v) is 5.36. The minimum absolute atomic E-state index is 0.234. The maximum Gasteiger partial charge on any atom is 0.146 e. The van der Waals surface area contributed by atoms with Crippen LogP contribution in [0.5, 0.6) is 0 Å². The van der Waals surface area contributed by atoms with E-state index in [9.17, 15) is 9.50 Å². The Kier molecular flexibility index (Phi) is 4.26. The molecule has 3 nitrogen and oxygen atoms in total. The van der Waals surface area contributed by atoms with Crippen molar-refractivity contribution in [1.29, 1.82) is 0 Å². The van der Waals surface area contributed by atoms with Gasteiger partial charge < -0.3 is 15.7 Å². The number of aliphatic hydroxyl groups excluding tert-OH is 1. The van der Waals surface area contributed by atoms with Crippen LogP contribution in [0.25, 0.3) is 0 Å². The smallest absolute Gasteiger partial charge is 0.146 e. The maximum absolute atomic E-state index is 13.7. The van der Waals surface area contributed by atoms with Gasteiger partial charge in [0.15, 0.2) is 0 Å². The normalized spacial score (nSPS) is 14.6. The van der Waals surface area contributed by atoms with Crippen molar-refractivity contribution in [3.05, 3.63) is 29.6 Å². The van der Waals surface area contributed by atoms with Gasteiger partial charge in [-0.15, -0.1) is 0 Å². The number of halogens is 1. The van der Waals surface area contributed by atoms with Crippen LogP contribution in [0.15, 0.2) is 18.2 Å². The molecular formula is C12H19FN2O. The highest BCUT2D eigenvalue weighted by atomic mass is 19.1. The average molecular weight is 226 g/mol. The number of likely N-dealkylation sites (N-methyl/N-ethyl adjacent to an activating group) is 1. The number of anilines is 1. The predicted octanol–water partition coefficient (Wildman–Crippen LogP) is 1.66. The molecule has 0 spiro atoms. The third kappa shape index (κ3) is 2.93. The first-order valence-electron chi connectivity index (χ1n) is 5.36. The standard InChI is InChI=1S/C12H19FN2O/c1-8(16)7-15(3)12-10(9(2)14)5-4-6-11(12)13/h4-6,8-9,16H,7,14H2,1-3H3. The van der Waals surface area contributed by atoms with Crippen LogP contribution in [-0.4, -0.2) is 24.8 Å². The van der Waals surface area contributed by atoms with Crippen LogP contribution in [0.3, 0.4) is 0 Å². The van der Waals surface area contributed by atoms with E-state index >= 15 is 0 Å². The fourth-order valence-electron chi connectivity index (χ4n) is 1.79. The molecule has 1 aromatic rings. The molecule has 0 aliphatic carbocycles. The molecule has 0 radical (unpaired) electrons. The zero-order valence-electron chi connectivity index (χ0n) is 9.94. The number of hydrogen-bond acceptors (Lipinski definition) is 3. The number of nitrogens with zero attached hydrogens (tertiary/aromatic N) is 1. The number of hydrogen-bond donors (Lipinski definition) is 2. The van der Waals surface area contributed by atoms with Crippen LogP contribution >= 0.6 is 0 Å². The Morgan fingerprint density at radius 3 is 2.56 bits per heavy atom. The lowest BCUT2D eigenvalue weighted by atomic mass is 10.1. The summed E-state index contributed by atoms with van der Waals surface area (Å²) in [4.78, 5) is 1.69. The molecule has 3 N–H and O–H groups in total. The van der Waals surface area contributed by atoms with E-state index in [4.69, 9.17) is 5.73 Å². The number of rotatable bonds is 4. The van der Waals surface area contributed by atoms with Crippen molar-refractivity contribution >= 4 is 5.69 Å². The third-order valence-corrected chi connectivity index (χ3v) is 2.43. The van der Waals surface area contributed by atoms with Gasteiger partial charge in [-0.05, 0) is 25.5 Å². The summed E-state index contributed by atoms with van der Waals surface area (Å²) in [5.41, 5.74) is 7.02. The van der Waals surface area contributed by atoms with Gasteiger partial charge in [0, 0.05) is 19.6 Å². The van der Waals surface area contributed by atoms with Crippen molar-refractivity contribution in [2.24, 2.45) is 5.73 Å². The Balaban J connectivity index is 3.09. The lowest BCUT2D eigenvalue weighted by Gasteiger charge is -2.25. The summed E-state index contributed by atoms with van der Waals surface area (Å²) in [7, 11) is 1.75. The molecule has 0 amide bonds. The summed E-state index contributed by atoms with van der Waals surface area (Å²) in [6.45, 7) is 3.86. The summed E-state index contributed by atoms with van der Waals surface area (Å²) >= 11 is 0. The fourth-order valence-corrected chi connectivity index (χ4v) is 1.79. The van der Waals surface area contributed by atoms with Crippen LogP contribution in [0.4, 0.5) is 10.1 Å². The minimum atomic E-state index is -0.509. The van der Waals surface area contributed by atoms with E-state index in [-0.39, 0.29) is 11.9 Å². The Morgan fingerprint density at radius 2 is 2.06 bits per heavy atom. The van der Waals surface area contributed by atoms with Gasteiger partial charge in [0.1, 0.15) is 5.82 Å². The van der Waals surface area contributed by atoms with E-state index in [2.05, 4.69) is 0 Å². The second kappa shape index (κ2) is 5.27. The summed E-state index contributed by atoms with van der Waals surface area (Å²) in [6, 6.07) is 4.62. The van der Waals surface area contributed by atoms with Crippen LogP contribution in [0.2, 0.25) is 0 Å². The molecule has 2 atom stereocenters. The summed E-state index contributed by atoms with van der Waals surface area (Å²) < 4.78 is 13.7. The van der Waals surface area contributed by atoms with Crippen molar-refractivity contribution in [3.8, 4) is 0 Å². The molecule has 1 aromatic carbocycles. The fraction of sp³-hybridized carbons (Fsp3) is 0.500. The highest BCUT2D eigenvalue weighted by Crippen LogP contribution is 2.27. The van der Waals surface area contributed by atoms with Gasteiger partial charge in [0.05, 0.1) is 11.8 Å². The Bertz CT molecular complexity index is 353. The van der Waals surface area contributed by atoms with E-state index in [1.165, 1.54) is 6.07 Å². The van der Waals surface area contributed by atoms with Gasteiger partial charge in [-0.1, -0.05) is 12.1 Å². The Hall–Kier alpha value is -1.13. The number of benzene rings is 1. The van der Waals surface area contributed by atoms with Gasteiger partial charge in [-0.3, -0.25) is 0 Å². The van der Waals surface area contributed by atoms with E-state index in [0.717, 1.165) is 5.56 Å². The van der Waals surface area contributed by atoms with Crippen LogP contribution in [-0.2, 0) is 0 Å². The van der Waals surface area contributed by atoms with E-state index in [1.807, 2.05) is 13.0 Å². The van der Waals surface area contributed by atoms with Crippen LogP contribution in [0, 0.1) is 5.82 Å². The average Bonchev–Trinajstić information content (AvgIpc) is 2.15. The molecule has 4 heteroatoms. The van der Waals surface area contributed by atoms with Gasteiger partial charge in [-0.25, -0.2) is 4.39 Å². The monoisotopic (exact) mass is 226 g/mol. The summed E-state index contributed by atoms with van der Waals surface area (Å²) in [5, 5.41) is 9.31. The lowest BCUT2D eigenvalue weighted by molar-refractivity contribution is 0.201. The minimum Gasteiger partial charge on any atom is -0.392 e. The van der Waals surface area contributed by atoms with Crippen molar-refractivity contribution in [2.45, 2.75) is 26.0 Å². The molecule has 0 aliphatic heterocycles. The number of nitrogens with two attached hydrogens (primary N) is 1. The predicted molar refractivity (Wildman–Crippen MR) is 64.0 cm³/mol. The lowest BCUT2D eigenvalue weighted by Crippen LogP contribution is -2.29.